The Morgan fingerprint density at radius 1 is 1.06 bits per heavy atom. The van der Waals surface area contributed by atoms with Gasteiger partial charge in [0.05, 0.1) is 32.1 Å². The van der Waals surface area contributed by atoms with Crippen LogP contribution in [0.2, 0.25) is 0 Å². The first-order valence-corrected chi connectivity index (χ1v) is 11.0. The van der Waals surface area contributed by atoms with Crippen LogP contribution < -0.4 is 20.1 Å². The van der Waals surface area contributed by atoms with Crippen LogP contribution in [0.1, 0.15) is 37.0 Å². The Morgan fingerprint density at radius 2 is 1.78 bits per heavy atom. The van der Waals surface area contributed by atoms with Gasteiger partial charge in [0.15, 0.2) is 17.3 Å². The molecule has 7 nitrogen and oxygen atoms in total. The van der Waals surface area contributed by atoms with E-state index < -0.39 is 5.79 Å². The minimum atomic E-state index is -0.861. The van der Waals surface area contributed by atoms with E-state index in [0.717, 1.165) is 22.4 Å². The van der Waals surface area contributed by atoms with Gasteiger partial charge in [0.2, 0.25) is 0 Å². The van der Waals surface area contributed by atoms with E-state index in [2.05, 4.69) is 0 Å². The monoisotopic (exact) mass is 438 g/mol. The molecule has 1 amide bonds. The van der Waals surface area contributed by atoms with Gasteiger partial charge in [-0.3, -0.25) is 4.79 Å². The Hall–Kier alpha value is -2.87. The van der Waals surface area contributed by atoms with Crippen LogP contribution >= 0.6 is 0 Å². The number of rotatable bonds is 8. The van der Waals surface area contributed by atoms with E-state index in [1.54, 1.807) is 11.9 Å². The third-order valence-corrected chi connectivity index (χ3v) is 5.73. The van der Waals surface area contributed by atoms with Crippen molar-refractivity contribution in [2.24, 2.45) is 5.73 Å². The number of anilines is 1. The molecule has 0 radical (unpaired) electrons. The van der Waals surface area contributed by atoms with Crippen molar-refractivity contribution in [3.8, 4) is 11.5 Å². The van der Waals surface area contributed by atoms with E-state index in [4.69, 9.17) is 24.7 Å². The van der Waals surface area contributed by atoms with E-state index in [9.17, 15) is 4.79 Å². The molecule has 0 unspecified atom stereocenters. The van der Waals surface area contributed by atoms with Crippen LogP contribution in [0.25, 0.3) is 11.6 Å². The van der Waals surface area contributed by atoms with Gasteiger partial charge < -0.3 is 29.6 Å². The smallest absolute Gasteiger partial charge is 0.258 e. The molecule has 0 saturated carbocycles. The lowest BCUT2D eigenvalue weighted by Crippen LogP contribution is -2.30. The summed E-state index contributed by atoms with van der Waals surface area (Å²) in [5.74, 6) is 0.421. The standard InChI is InChI=1S/C25H30N2O5/c1-4-29-22-9-6-17(15-23(22)30-5-2)14-20-19-16-18(7-8-21(19)27(3)24(20)28)25(10-11-26)31-12-13-32-25/h6-9,14-16H,4-5,10-13,26H2,1-3H3/b20-14-. The van der Waals surface area contributed by atoms with Crippen molar-refractivity contribution in [1.29, 1.82) is 0 Å². The van der Waals surface area contributed by atoms with Crippen molar-refractivity contribution in [2.45, 2.75) is 26.1 Å². The summed E-state index contributed by atoms with van der Waals surface area (Å²) in [6, 6.07) is 11.6. The minimum Gasteiger partial charge on any atom is -0.490 e. The molecule has 0 atom stereocenters. The predicted molar refractivity (Wildman–Crippen MR) is 124 cm³/mol. The fraction of sp³-hybridized carbons (Fsp3) is 0.400. The van der Waals surface area contributed by atoms with E-state index in [0.29, 0.717) is 56.5 Å². The quantitative estimate of drug-likeness (QED) is 0.635. The van der Waals surface area contributed by atoms with Crippen molar-refractivity contribution in [2.75, 3.05) is 44.9 Å². The van der Waals surface area contributed by atoms with Crippen LogP contribution in [0, 0.1) is 0 Å². The highest BCUT2D eigenvalue weighted by Crippen LogP contribution is 2.42. The molecule has 4 rings (SSSR count). The molecule has 2 heterocycles. The first-order valence-electron chi connectivity index (χ1n) is 11.0. The molecule has 0 aromatic heterocycles. The van der Waals surface area contributed by atoms with Gasteiger partial charge in [0, 0.05) is 30.2 Å². The summed E-state index contributed by atoms with van der Waals surface area (Å²) in [5.41, 5.74) is 9.86. The zero-order chi connectivity index (χ0) is 22.7. The molecule has 1 fully saturated rings. The van der Waals surface area contributed by atoms with Gasteiger partial charge in [-0.25, -0.2) is 0 Å². The van der Waals surface area contributed by atoms with E-state index in [1.807, 2.05) is 56.3 Å². The molecule has 2 aliphatic rings. The number of hydrogen-bond acceptors (Lipinski definition) is 6. The number of carbonyl (C=O) groups excluding carboxylic acids is 1. The van der Waals surface area contributed by atoms with Crippen molar-refractivity contribution < 1.29 is 23.7 Å². The average Bonchev–Trinajstić information content (AvgIpc) is 3.36. The number of hydrogen-bond donors (Lipinski definition) is 1. The average molecular weight is 439 g/mol. The van der Waals surface area contributed by atoms with Gasteiger partial charge in [-0.1, -0.05) is 12.1 Å². The SMILES string of the molecule is CCOc1ccc(/C=C2\C(=O)N(C)c3ccc(C4(CCN)OCCO4)cc32)cc1OCC. The Kier molecular flexibility index (Phi) is 6.50. The topological polar surface area (TPSA) is 83.3 Å². The Bertz CT molecular complexity index is 1030. The summed E-state index contributed by atoms with van der Waals surface area (Å²) in [4.78, 5) is 14.8. The minimum absolute atomic E-state index is 0.0647. The molecule has 1 saturated heterocycles. The lowest BCUT2D eigenvalue weighted by Gasteiger charge is -2.28. The third kappa shape index (κ3) is 3.99. The number of carbonyl (C=O) groups is 1. The second kappa shape index (κ2) is 9.32. The van der Waals surface area contributed by atoms with Crippen molar-refractivity contribution in [1.82, 2.24) is 0 Å². The molecule has 2 aliphatic heterocycles. The third-order valence-electron chi connectivity index (χ3n) is 5.73. The summed E-state index contributed by atoms with van der Waals surface area (Å²) in [6.07, 6.45) is 2.43. The molecular formula is C25H30N2O5. The molecular weight excluding hydrogens is 408 g/mol. The van der Waals surface area contributed by atoms with Gasteiger partial charge in [0.25, 0.3) is 5.91 Å². The summed E-state index contributed by atoms with van der Waals surface area (Å²) >= 11 is 0. The fourth-order valence-corrected chi connectivity index (χ4v) is 4.25. The molecule has 0 bridgehead atoms. The Morgan fingerprint density at radius 3 is 2.47 bits per heavy atom. The van der Waals surface area contributed by atoms with Crippen LogP contribution in [0.15, 0.2) is 36.4 Å². The Balaban J connectivity index is 1.76. The summed E-state index contributed by atoms with van der Waals surface area (Å²) in [6.45, 7) is 6.41. The number of fused-ring (bicyclic) bond motifs is 1. The van der Waals surface area contributed by atoms with Crippen LogP contribution in [-0.2, 0) is 20.1 Å². The number of nitrogens with zero attached hydrogens (tertiary/aromatic N) is 1. The maximum Gasteiger partial charge on any atom is 0.258 e. The van der Waals surface area contributed by atoms with E-state index in [1.165, 1.54) is 0 Å². The maximum atomic E-state index is 13.1. The van der Waals surface area contributed by atoms with Crippen molar-refractivity contribution in [3.05, 3.63) is 53.1 Å². The first-order chi connectivity index (χ1) is 15.5. The molecule has 2 aromatic rings. The number of likely N-dealkylation sites (N-methyl/N-ethyl adjacent to an activating group) is 1. The van der Waals surface area contributed by atoms with Gasteiger partial charge in [-0.15, -0.1) is 0 Å². The van der Waals surface area contributed by atoms with Crippen LogP contribution in [0.4, 0.5) is 5.69 Å². The number of nitrogens with two attached hydrogens (primary N) is 1. The lowest BCUT2D eigenvalue weighted by molar-refractivity contribution is -0.168. The van der Waals surface area contributed by atoms with Crippen LogP contribution in [-0.4, -0.2) is 45.9 Å². The molecule has 0 aliphatic carbocycles. The van der Waals surface area contributed by atoms with Gasteiger partial charge in [-0.05, 0) is 56.3 Å². The van der Waals surface area contributed by atoms with Gasteiger partial charge in [-0.2, -0.15) is 0 Å². The van der Waals surface area contributed by atoms with E-state index in [-0.39, 0.29) is 5.91 Å². The van der Waals surface area contributed by atoms with Crippen molar-refractivity contribution in [3.63, 3.8) is 0 Å². The van der Waals surface area contributed by atoms with Crippen LogP contribution in [0.5, 0.6) is 11.5 Å². The number of amides is 1. The first kappa shape index (κ1) is 22.3. The molecule has 32 heavy (non-hydrogen) atoms. The molecule has 7 heteroatoms. The highest BCUT2D eigenvalue weighted by atomic mass is 16.7. The van der Waals surface area contributed by atoms with Gasteiger partial charge in [0.1, 0.15) is 0 Å². The number of benzene rings is 2. The predicted octanol–water partition coefficient (Wildman–Crippen LogP) is 3.55. The normalized spacial score (nSPS) is 18.3. The molecule has 2 aromatic carbocycles. The van der Waals surface area contributed by atoms with Crippen molar-refractivity contribution >= 4 is 23.2 Å². The summed E-state index contributed by atoms with van der Waals surface area (Å²) in [7, 11) is 1.78. The summed E-state index contributed by atoms with van der Waals surface area (Å²) < 4.78 is 23.3. The van der Waals surface area contributed by atoms with E-state index >= 15 is 0 Å². The van der Waals surface area contributed by atoms with Gasteiger partial charge >= 0.3 is 0 Å². The fourth-order valence-electron chi connectivity index (χ4n) is 4.25. The molecule has 170 valence electrons. The highest BCUT2D eigenvalue weighted by Gasteiger charge is 2.40. The number of ether oxygens (including phenoxy) is 4. The zero-order valence-electron chi connectivity index (χ0n) is 18.8. The maximum absolute atomic E-state index is 13.1. The summed E-state index contributed by atoms with van der Waals surface area (Å²) in [5, 5.41) is 0. The second-order valence-corrected chi connectivity index (χ2v) is 7.71. The van der Waals surface area contributed by atoms with Crippen LogP contribution in [0.3, 0.4) is 0 Å². The molecule has 2 N–H and O–H groups in total. The molecule has 0 spiro atoms. The second-order valence-electron chi connectivity index (χ2n) is 7.71. The zero-order valence-corrected chi connectivity index (χ0v) is 18.8. The lowest BCUT2D eigenvalue weighted by atomic mass is 9.96. The highest BCUT2D eigenvalue weighted by molar-refractivity contribution is 6.35. The largest absolute Gasteiger partial charge is 0.490 e. The Labute approximate surface area is 188 Å².